The van der Waals surface area contributed by atoms with Crippen LogP contribution in [0, 0.1) is 0 Å². The van der Waals surface area contributed by atoms with Crippen molar-refractivity contribution in [2.45, 2.75) is 45.1 Å². The lowest BCUT2D eigenvalue weighted by Crippen LogP contribution is -2.42. The molecule has 1 heterocycles. The minimum atomic E-state index is 0.280. The molecule has 0 saturated carbocycles. The lowest BCUT2D eigenvalue weighted by atomic mass is 10.0. The van der Waals surface area contributed by atoms with E-state index >= 15 is 0 Å². The van der Waals surface area contributed by atoms with Gasteiger partial charge in [-0.05, 0) is 50.3 Å². The molecule has 3 heteroatoms. The summed E-state index contributed by atoms with van der Waals surface area (Å²) in [7, 11) is 0. The molecule has 0 bridgehead atoms. The summed E-state index contributed by atoms with van der Waals surface area (Å²) < 4.78 is 0. The van der Waals surface area contributed by atoms with Gasteiger partial charge in [0.25, 0.3) is 0 Å². The van der Waals surface area contributed by atoms with Gasteiger partial charge in [-0.1, -0.05) is 23.7 Å². The lowest BCUT2D eigenvalue weighted by molar-refractivity contribution is -0.134. The van der Waals surface area contributed by atoms with Crippen LogP contribution < -0.4 is 0 Å². The van der Waals surface area contributed by atoms with Crippen molar-refractivity contribution in [3.63, 3.8) is 0 Å². The van der Waals surface area contributed by atoms with Crippen LogP contribution in [0.5, 0.6) is 0 Å². The van der Waals surface area contributed by atoms with Crippen LogP contribution in [0.4, 0.5) is 0 Å². The summed E-state index contributed by atoms with van der Waals surface area (Å²) in [4.78, 5) is 14.2. The minimum Gasteiger partial charge on any atom is -0.340 e. The first-order valence-electron chi connectivity index (χ1n) is 6.71. The molecule has 1 unspecified atom stereocenters. The fourth-order valence-corrected chi connectivity index (χ4v) is 2.77. The molecule has 1 aromatic carbocycles. The van der Waals surface area contributed by atoms with Crippen molar-refractivity contribution in [3.8, 4) is 0 Å². The Balaban J connectivity index is 1.88. The summed E-state index contributed by atoms with van der Waals surface area (Å²) in [6.07, 6.45) is 4.91. The second-order valence-electron chi connectivity index (χ2n) is 5.06. The van der Waals surface area contributed by atoms with Crippen molar-refractivity contribution in [3.05, 3.63) is 34.9 Å². The molecule has 0 spiro atoms. The molecule has 1 aromatic rings. The van der Waals surface area contributed by atoms with Gasteiger partial charge in [0.05, 0.1) is 0 Å². The molecular weight excluding hydrogens is 246 g/mol. The predicted octanol–water partition coefficient (Wildman–Crippen LogP) is 3.67. The number of likely N-dealkylation sites (tertiary alicyclic amines) is 1. The smallest absolute Gasteiger partial charge is 0.223 e. The number of carbonyl (C=O) groups excluding carboxylic acids is 1. The van der Waals surface area contributed by atoms with E-state index in [1.54, 1.807) is 0 Å². The van der Waals surface area contributed by atoms with E-state index in [1.807, 2.05) is 29.2 Å². The van der Waals surface area contributed by atoms with Gasteiger partial charge >= 0.3 is 0 Å². The molecule has 98 valence electrons. The van der Waals surface area contributed by atoms with Crippen LogP contribution in [0.1, 0.15) is 38.2 Å². The van der Waals surface area contributed by atoms with Crippen LogP contribution in [0.2, 0.25) is 5.02 Å². The van der Waals surface area contributed by atoms with Crippen molar-refractivity contribution in [1.82, 2.24) is 4.90 Å². The average Bonchev–Trinajstić information content (AvgIpc) is 2.37. The standard InChI is InChI=1S/C15H20ClNO/c1-12-5-2-3-10-17(12)15(18)9-8-13-6-4-7-14(16)11-13/h4,6-7,11-12H,2-3,5,8-10H2,1H3. The third-order valence-corrected chi connectivity index (χ3v) is 3.87. The lowest BCUT2D eigenvalue weighted by Gasteiger charge is -2.33. The van der Waals surface area contributed by atoms with E-state index in [0.29, 0.717) is 12.5 Å². The maximum absolute atomic E-state index is 12.2. The fourth-order valence-electron chi connectivity index (χ4n) is 2.56. The van der Waals surface area contributed by atoms with Gasteiger partial charge in [0.15, 0.2) is 0 Å². The number of nitrogens with zero attached hydrogens (tertiary/aromatic N) is 1. The number of benzene rings is 1. The topological polar surface area (TPSA) is 20.3 Å². The quantitative estimate of drug-likeness (QED) is 0.817. The molecule has 2 nitrogen and oxygen atoms in total. The van der Waals surface area contributed by atoms with Gasteiger partial charge in [-0.15, -0.1) is 0 Å². The highest BCUT2D eigenvalue weighted by Gasteiger charge is 2.22. The maximum atomic E-state index is 12.2. The van der Waals surface area contributed by atoms with Gasteiger partial charge in [-0.3, -0.25) is 4.79 Å². The van der Waals surface area contributed by atoms with E-state index in [2.05, 4.69) is 6.92 Å². The van der Waals surface area contributed by atoms with Crippen molar-refractivity contribution >= 4 is 17.5 Å². The Hall–Kier alpha value is -1.02. The second-order valence-corrected chi connectivity index (χ2v) is 5.50. The number of piperidine rings is 1. The van der Waals surface area contributed by atoms with Gasteiger partial charge in [0, 0.05) is 24.0 Å². The number of hydrogen-bond acceptors (Lipinski definition) is 1. The van der Waals surface area contributed by atoms with Crippen molar-refractivity contribution < 1.29 is 4.79 Å². The molecule has 0 aliphatic carbocycles. The summed E-state index contributed by atoms with van der Waals surface area (Å²) in [5.41, 5.74) is 1.14. The van der Waals surface area contributed by atoms with Crippen LogP contribution in [-0.4, -0.2) is 23.4 Å². The molecule has 2 rings (SSSR count). The summed E-state index contributed by atoms with van der Waals surface area (Å²) in [5, 5.41) is 0.742. The highest BCUT2D eigenvalue weighted by molar-refractivity contribution is 6.30. The summed E-state index contributed by atoms with van der Waals surface area (Å²) in [5.74, 6) is 0.280. The zero-order chi connectivity index (χ0) is 13.0. The van der Waals surface area contributed by atoms with Gasteiger partial charge in [-0.25, -0.2) is 0 Å². The molecule has 1 amide bonds. The first kappa shape index (κ1) is 13.4. The summed E-state index contributed by atoms with van der Waals surface area (Å²) in [6, 6.07) is 8.17. The molecule has 1 aliphatic heterocycles. The van der Waals surface area contributed by atoms with Crippen molar-refractivity contribution in [2.24, 2.45) is 0 Å². The number of hydrogen-bond donors (Lipinski definition) is 0. The van der Waals surface area contributed by atoms with E-state index in [9.17, 15) is 4.79 Å². The normalized spacial score (nSPS) is 19.9. The van der Waals surface area contributed by atoms with E-state index in [1.165, 1.54) is 6.42 Å². The molecule has 1 saturated heterocycles. The fraction of sp³-hybridized carbons (Fsp3) is 0.533. The number of halogens is 1. The number of aryl methyl sites for hydroxylation is 1. The Labute approximate surface area is 114 Å². The largest absolute Gasteiger partial charge is 0.340 e. The molecule has 18 heavy (non-hydrogen) atoms. The Morgan fingerprint density at radius 3 is 3.00 bits per heavy atom. The highest BCUT2D eigenvalue weighted by Crippen LogP contribution is 2.18. The van der Waals surface area contributed by atoms with E-state index in [4.69, 9.17) is 11.6 Å². The molecule has 1 aliphatic rings. The van der Waals surface area contributed by atoms with Crippen molar-refractivity contribution in [2.75, 3.05) is 6.54 Å². The van der Waals surface area contributed by atoms with E-state index in [-0.39, 0.29) is 5.91 Å². The monoisotopic (exact) mass is 265 g/mol. The Morgan fingerprint density at radius 2 is 2.28 bits per heavy atom. The minimum absolute atomic E-state index is 0.280. The van der Waals surface area contributed by atoms with Crippen LogP contribution in [0.3, 0.4) is 0 Å². The predicted molar refractivity (Wildman–Crippen MR) is 74.8 cm³/mol. The summed E-state index contributed by atoms with van der Waals surface area (Å²) in [6.45, 7) is 3.08. The Kier molecular flexibility index (Phi) is 4.65. The zero-order valence-electron chi connectivity index (χ0n) is 10.9. The van der Waals surface area contributed by atoms with Gasteiger partial charge < -0.3 is 4.90 Å². The van der Waals surface area contributed by atoms with E-state index in [0.717, 1.165) is 36.4 Å². The molecule has 0 aromatic heterocycles. The summed E-state index contributed by atoms with van der Waals surface area (Å²) >= 11 is 5.94. The van der Waals surface area contributed by atoms with Crippen LogP contribution in [0.25, 0.3) is 0 Å². The van der Waals surface area contributed by atoms with Crippen molar-refractivity contribution in [1.29, 1.82) is 0 Å². The number of amides is 1. The second kappa shape index (κ2) is 6.24. The third kappa shape index (κ3) is 3.49. The average molecular weight is 266 g/mol. The third-order valence-electron chi connectivity index (χ3n) is 3.64. The maximum Gasteiger partial charge on any atom is 0.223 e. The van der Waals surface area contributed by atoms with Gasteiger partial charge in [0.1, 0.15) is 0 Å². The molecule has 1 fully saturated rings. The van der Waals surface area contributed by atoms with Crippen LogP contribution >= 0.6 is 11.6 Å². The molecule has 1 atom stereocenters. The number of carbonyl (C=O) groups is 1. The van der Waals surface area contributed by atoms with Crippen LogP contribution in [0.15, 0.2) is 24.3 Å². The zero-order valence-corrected chi connectivity index (χ0v) is 11.6. The van der Waals surface area contributed by atoms with Crippen LogP contribution in [-0.2, 0) is 11.2 Å². The van der Waals surface area contributed by atoms with Gasteiger partial charge in [0.2, 0.25) is 5.91 Å². The number of rotatable bonds is 3. The highest BCUT2D eigenvalue weighted by atomic mass is 35.5. The first-order chi connectivity index (χ1) is 8.66. The van der Waals surface area contributed by atoms with Gasteiger partial charge in [-0.2, -0.15) is 0 Å². The van der Waals surface area contributed by atoms with E-state index < -0.39 is 0 Å². The molecule has 0 N–H and O–H groups in total. The Morgan fingerprint density at radius 1 is 1.44 bits per heavy atom. The molecule has 0 radical (unpaired) electrons. The first-order valence-corrected chi connectivity index (χ1v) is 7.08. The Bertz CT molecular complexity index is 419. The SMILES string of the molecule is CC1CCCCN1C(=O)CCc1cccc(Cl)c1. The molecular formula is C15H20ClNO.